The van der Waals surface area contributed by atoms with E-state index in [4.69, 9.17) is 4.42 Å². The van der Waals surface area contributed by atoms with Crippen molar-refractivity contribution in [3.05, 3.63) is 148 Å². The minimum atomic E-state index is -0.245. The Bertz CT molecular complexity index is 3280. The molecule has 0 N–H and O–H groups in total. The van der Waals surface area contributed by atoms with Gasteiger partial charge in [-0.3, -0.25) is 0 Å². The maximum absolute atomic E-state index is 7.81. The number of anilines is 5. The largest absolute Gasteiger partial charge is 0.466 e. The van der Waals surface area contributed by atoms with Crippen LogP contribution in [0.25, 0.3) is 33.2 Å². The van der Waals surface area contributed by atoms with Gasteiger partial charge >= 0.3 is 6.85 Å². The lowest BCUT2D eigenvalue weighted by molar-refractivity contribution is 0.332. The highest BCUT2D eigenvalue weighted by atomic mass is 16.3. The number of benzene rings is 6. The van der Waals surface area contributed by atoms with Crippen LogP contribution in [0.15, 0.2) is 114 Å². The lowest BCUT2D eigenvalue weighted by atomic mass is 9.45. The average Bonchev–Trinajstić information content (AvgIpc) is 3.66. The molecular weight excluding hydrogens is 848 g/mol. The van der Waals surface area contributed by atoms with Crippen molar-refractivity contribution < 1.29 is 4.42 Å². The fraction of sp³-hybridized carbons (Fsp3) is 0.424. The fourth-order valence-corrected chi connectivity index (χ4v) is 12.7. The van der Waals surface area contributed by atoms with Crippen molar-refractivity contribution in [2.75, 3.05) is 9.71 Å². The molecule has 2 aliphatic carbocycles. The van der Waals surface area contributed by atoms with Crippen LogP contribution in [0.3, 0.4) is 0 Å². The van der Waals surface area contributed by atoms with E-state index in [1.165, 1.54) is 101 Å². The third kappa shape index (κ3) is 7.18. The first kappa shape index (κ1) is 46.9. The van der Waals surface area contributed by atoms with Crippen LogP contribution in [0.5, 0.6) is 0 Å². The molecule has 0 saturated heterocycles. The lowest BCUT2D eigenvalue weighted by Crippen LogP contribution is -2.61. The molecule has 0 unspecified atom stereocenters. The summed E-state index contributed by atoms with van der Waals surface area (Å²) in [6.07, 6.45) is 4.63. The summed E-state index contributed by atoms with van der Waals surface area (Å²) in [6, 6.07) is 43.3. The molecule has 6 aromatic carbocycles. The van der Waals surface area contributed by atoms with Crippen LogP contribution in [0, 0.1) is 0 Å². The van der Waals surface area contributed by atoms with Gasteiger partial charge in [0, 0.05) is 33.6 Å². The quantitative estimate of drug-likeness (QED) is 0.165. The lowest BCUT2D eigenvalue weighted by Gasteiger charge is -2.46. The Balaban J connectivity index is 1.32. The Kier molecular flexibility index (Phi) is 10.1. The number of furan rings is 1. The highest BCUT2D eigenvalue weighted by Gasteiger charge is 2.51. The highest BCUT2D eigenvalue weighted by Crippen LogP contribution is 2.56. The maximum Gasteiger partial charge on any atom is 0.375 e. The smallest absolute Gasteiger partial charge is 0.375 e. The molecule has 360 valence electrons. The summed E-state index contributed by atoms with van der Waals surface area (Å²) in [5.41, 5.74) is 24.1. The van der Waals surface area contributed by atoms with Crippen molar-refractivity contribution in [1.82, 2.24) is 0 Å². The second-order valence-corrected chi connectivity index (χ2v) is 27.6. The predicted molar refractivity (Wildman–Crippen MR) is 302 cm³/mol. The summed E-state index contributed by atoms with van der Waals surface area (Å²) in [4.78, 5) is 5.36. The Labute approximate surface area is 421 Å². The van der Waals surface area contributed by atoms with E-state index in [0.29, 0.717) is 0 Å². The van der Waals surface area contributed by atoms with E-state index in [2.05, 4.69) is 237 Å². The zero-order valence-corrected chi connectivity index (χ0v) is 45.6. The maximum atomic E-state index is 7.81. The van der Waals surface area contributed by atoms with Gasteiger partial charge in [-0.25, -0.2) is 0 Å². The van der Waals surface area contributed by atoms with E-state index in [9.17, 15) is 0 Å². The summed E-state index contributed by atoms with van der Waals surface area (Å²) in [5.74, 6) is 0. The molecule has 7 aromatic rings. The van der Waals surface area contributed by atoms with Crippen LogP contribution in [-0.4, -0.2) is 6.85 Å². The van der Waals surface area contributed by atoms with Gasteiger partial charge in [-0.2, -0.15) is 0 Å². The topological polar surface area (TPSA) is 19.6 Å². The van der Waals surface area contributed by atoms with Gasteiger partial charge in [0.05, 0.1) is 11.4 Å². The van der Waals surface area contributed by atoms with E-state index >= 15 is 0 Å². The van der Waals surface area contributed by atoms with Gasteiger partial charge in [-0.15, -0.1) is 0 Å². The SMILES string of the molecule is CC(C)(C)c1ccc(N2c3cc(C(C)(C)C)cc4c3B(c3oc5cc6c(cc5c32)C(C)(C)CCC6(C)C)N(c2ccc3c(c2)C(C)(C)CCC3(C)C)c2cc(C(C)(C)C)ccc2-4)c(-c2ccccc2)c1. The molecule has 2 aliphatic heterocycles. The molecule has 70 heavy (non-hydrogen) atoms. The average molecular weight is 925 g/mol. The van der Waals surface area contributed by atoms with Crippen LogP contribution in [-0.2, 0) is 37.9 Å². The number of fused-ring (bicyclic) bond motifs is 8. The predicted octanol–water partition coefficient (Wildman–Crippen LogP) is 17.4. The molecule has 0 radical (unpaired) electrons. The molecule has 11 rings (SSSR count). The normalized spacial score (nSPS) is 18.5. The second-order valence-electron chi connectivity index (χ2n) is 27.6. The molecule has 4 heteroatoms. The number of rotatable bonds is 3. The van der Waals surface area contributed by atoms with Crippen molar-refractivity contribution in [2.24, 2.45) is 0 Å². The van der Waals surface area contributed by atoms with Crippen molar-refractivity contribution in [1.29, 1.82) is 0 Å². The highest BCUT2D eigenvalue weighted by molar-refractivity contribution is 6.93. The minimum Gasteiger partial charge on any atom is -0.466 e. The summed E-state index contributed by atoms with van der Waals surface area (Å²) in [7, 11) is 0. The van der Waals surface area contributed by atoms with E-state index in [0.717, 1.165) is 36.2 Å². The molecule has 4 aliphatic rings. The van der Waals surface area contributed by atoms with Gasteiger partial charge in [0.1, 0.15) is 11.2 Å². The summed E-state index contributed by atoms with van der Waals surface area (Å²) in [5, 5.41) is 1.19. The first-order valence-electron chi connectivity index (χ1n) is 26.5. The van der Waals surface area contributed by atoms with E-state index in [-0.39, 0.29) is 44.8 Å². The zero-order valence-electron chi connectivity index (χ0n) is 45.6. The summed E-state index contributed by atoms with van der Waals surface area (Å²) < 4.78 is 7.81. The first-order chi connectivity index (χ1) is 32.6. The van der Waals surface area contributed by atoms with Crippen molar-refractivity contribution in [3.8, 4) is 22.3 Å². The van der Waals surface area contributed by atoms with Gasteiger partial charge in [0.15, 0.2) is 0 Å². The molecule has 0 bridgehead atoms. The Hall–Kier alpha value is -5.48. The molecule has 0 atom stereocenters. The van der Waals surface area contributed by atoms with Gasteiger partial charge in [-0.05, 0) is 168 Å². The molecule has 0 fully saturated rings. The Morgan fingerprint density at radius 3 is 1.60 bits per heavy atom. The van der Waals surface area contributed by atoms with Crippen molar-refractivity contribution in [3.63, 3.8) is 0 Å². The van der Waals surface area contributed by atoms with Crippen LogP contribution < -0.4 is 20.8 Å². The first-order valence-corrected chi connectivity index (χ1v) is 26.5. The van der Waals surface area contributed by atoms with Crippen LogP contribution >= 0.6 is 0 Å². The van der Waals surface area contributed by atoms with Crippen molar-refractivity contribution in [2.45, 2.75) is 181 Å². The molecule has 3 heterocycles. The standard InChI is InChI=1S/C66H77BN2O/c1-60(2,3)41-24-28-53(46(33-41)40-21-19-18-20-22-40)68-55-36-43(62(7,8)9)34-47-45-26-23-42(61(4,5)6)35-54(45)69(44-25-27-49-50(37-44)64(12,13)30-29-63(49,10)11)67(57(47)55)59-58(68)48-38-51-52(39-56(48)70-59)66(16,17)32-31-65(51,14)15/h18-28,33-39H,29-32H2,1-17H3. The van der Waals surface area contributed by atoms with Crippen LogP contribution in [0.2, 0.25) is 0 Å². The van der Waals surface area contributed by atoms with Crippen LogP contribution in [0.1, 0.15) is 182 Å². The van der Waals surface area contributed by atoms with E-state index in [1.54, 1.807) is 0 Å². The fourth-order valence-electron chi connectivity index (χ4n) is 12.7. The third-order valence-electron chi connectivity index (χ3n) is 17.6. The Morgan fingerprint density at radius 2 is 0.986 bits per heavy atom. The second kappa shape index (κ2) is 15.0. The Morgan fingerprint density at radius 1 is 0.457 bits per heavy atom. The van der Waals surface area contributed by atoms with Gasteiger partial charge < -0.3 is 14.1 Å². The van der Waals surface area contributed by atoms with Gasteiger partial charge in [-0.1, -0.05) is 178 Å². The molecule has 3 nitrogen and oxygen atoms in total. The van der Waals surface area contributed by atoms with E-state index in [1.807, 2.05) is 0 Å². The molecule has 0 amide bonds. The number of hydrogen-bond donors (Lipinski definition) is 0. The molecular formula is C66H77BN2O. The van der Waals surface area contributed by atoms with Gasteiger partial charge in [0.2, 0.25) is 0 Å². The van der Waals surface area contributed by atoms with E-state index < -0.39 is 0 Å². The van der Waals surface area contributed by atoms with Crippen molar-refractivity contribution >= 4 is 57.4 Å². The molecule has 1 aromatic heterocycles. The summed E-state index contributed by atoms with van der Waals surface area (Å²) in [6.45, 7) is 40.5. The number of hydrogen-bond acceptors (Lipinski definition) is 3. The monoisotopic (exact) mass is 925 g/mol. The number of nitrogens with zero attached hydrogens (tertiary/aromatic N) is 2. The molecule has 0 spiro atoms. The third-order valence-corrected chi connectivity index (χ3v) is 17.6. The minimum absolute atomic E-state index is 0.0135. The van der Waals surface area contributed by atoms with Crippen LogP contribution in [0.4, 0.5) is 28.4 Å². The van der Waals surface area contributed by atoms with Gasteiger partial charge in [0.25, 0.3) is 0 Å². The molecule has 0 saturated carbocycles. The zero-order chi connectivity index (χ0) is 50.0. The summed E-state index contributed by atoms with van der Waals surface area (Å²) >= 11 is 0.